The number of fused-ring (bicyclic) bond motifs is 2. The Hall–Kier alpha value is -3.45. The molecule has 1 amide bonds. The first kappa shape index (κ1) is 17.6. The normalized spacial score (nSPS) is 15.9. The minimum absolute atomic E-state index is 0.107. The molecule has 0 bridgehead atoms. The highest BCUT2D eigenvalue weighted by molar-refractivity contribution is 6.31. The average molecular weight is 411 g/mol. The summed E-state index contributed by atoms with van der Waals surface area (Å²) >= 11 is 6.04. The average Bonchev–Trinajstić information content (AvgIpc) is 3.24. The quantitative estimate of drug-likeness (QED) is 0.481. The van der Waals surface area contributed by atoms with E-state index in [1.165, 1.54) is 35.2 Å². The Morgan fingerprint density at radius 2 is 1.97 bits per heavy atom. The van der Waals surface area contributed by atoms with E-state index in [9.17, 15) is 14.0 Å². The van der Waals surface area contributed by atoms with Gasteiger partial charge in [-0.05, 0) is 42.8 Å². The number of rotatable bonds is 2. The van der Waals surface area contributed by atoms with Gasteiger partial charge in [0.2, 0.25) is 5.76 Å². The SMILES string of the molecule is Cc1cc(N2C(=O)c3oc4ccc(Cl)cc4c(=O)c3[C@H]2c2cccc(F)c2)no1. The monoisotopic (exact) mass is 410 g/mol. The third-order valence-electron chi connectivity index (χ3n) is 4.86. The number of halogens is 2. The molecule has 0 fully saturated rings. The van der Waals surface area contributed by atoms with E-state index >= 15 is 0 Å². The summed E-state index contributed by atoms with van der Waals surface area (Å²) in [4.78, 5) is 27.8. The Morgan fingerprint density at radius 3 is 2.69 bits per heavy atom. The van der Waals surface area contributed by atoms with Crippen molar-refractivity contribution >= 4 is 34.3 Å². The molecular weight excluding hydrogens is 399 g/mol. The number of aryl methyl sites for hydroxylation is 1. The molecule has 3 heterocycles. The van der Waals surface area contributed by atoms with Crippen molar-refractivity contribution in [2.45, 2.75) is 13.0 Å². The number of carbonyl (C=O) groups is 1. The van der Waals surface area contributed by atoms with E-state index in [1.54, 1.807) is 25.1 Å². The largest absolute Gasteiger partial charge is 0.450 e. The van der Waals surface area contributed by atoms with Crippen LogP contribution in [0.15, 0.2) is 62.3 Å². The van der Waals surface area contributed by atoms with Gasteiger partial charge in [0, 0.05) is 11.1 Å². The van der Waals surface area contributed by atoms with E-state index in [2.05, 4.69) is 5.16 Å². The van der Waals surface area contributed by atoms with Crippen molar-refractivity contribution in [2.75, 3.05) is 4.90 Å². The first-order valence-electron chi connectivity index (χ1n) is 8.72. The van der Waals surface area contributed by atoms with Crippen LogP contribution in [0.2, 0.25) is 5.02 Å². The molecule has 1 aliphatic rings. The second-order valence-electron chi connectivity index (χ2n) is 6.74. The Labute approximate surface area is 168 Å². The molecule has 1 atom stereocenters. The zero-order chi connectivity index (χ0) is 20.3. The van der Waals surface area contributed by atoms with Crippen molar-refractivity contribution < 1.29 is 18.1 Å². The zero-order valence-corrected chi connectivity index (χ0v) is 15.7. The summed E-state index contributed by atoms with van der Waals surface area (Å²) in [7, 11) is 0. The van der Waals surface area contributed by atoms with Crippen LogP contribution in [0, 0.1) is 12.7 Å². The summed E-state index contributed by atoms with van der Waals surface area (Å²) in [5, 5.41) is 4.52. The lowest BCUT2D eigenvalue weighted by atomic mass is 9.98. The number of benzene rings is 2. The van der Waals surface area contributed by atoms with Gasteiger partial charge in [0.25, 0.3) is 5.91 Å². The van der Waals surface area contributed by atoms with Crippen molar-refractivity contribution in [3.05, 3.63) is 92.2 Å². The van der Waals surface area contributed by atoms with Crippen LogP contribution in [0.1, 0.15) is 33.5 Å². The highest BCUT2D eigenvalue weighted by Gasteiger charge is 2.45. The predicted octanol–water partition coefficient (Wildman–Crippen LogP) is 4.63. The molecule has 0 unspecified atom stereocenters. The first-order chi connectivity index (χ1) is 13.9. The van der Waals surface area contributed by atoms with Gasteiger partial charge in [-0.25, -0.2) is 4.39 Å². The number of hydrogen-bond acceptors (Lipinski definition) is 5. The van der Waals surface area contributed by atoms with Crippen molar-refractivity contribution in [2.24, 2.45) is 0 Å². The summed E-state index contributed by atoms with van der Waals surface area (Å²) in [6.07, 6.45) is 0. The second-order valence-corrected chi connectivity index (χ2v) is 7.18. The summed E-state index contributed by atoms with van der Waals surface area (Å²) < 4.78 is 24.9. The van der Waals surface area contributed by atoms with E-state index in [4.69, 9.17) is 20.5 Å². The molecule has 1 aliphatic heterocycles. The third-order valence-corrected chi connectivity index (χ3v) is 5.09. The smallest absolute Gasteiger partial charge is 0.296 e. The molecule has 4 aromatic rings. The Morgan fingerprint density at radius 1 is 1.14 bits per heavy atom. The summed E-state index contributed by atoms with van der Waals surface area (Å²) in [5.41, 5.74) is 0.346. The maximum atomic E-state index is 14.0. The maximum absolute atomic E-state index is 14.0. The van der Waals surface area contributed by atoms with E-state index < -0.39 is 23.2 Å². The van der Waals surface area contributed by atoms with E-state index in [0.717, 1.165) is 0 Å². The molecule has 0 aliphatic carbocycles. The number of carbonyl (C=O) groups excluding carboxylic acids is 1. The van der Waals surface area contributed by atoms with Crippen LogP contribution in [-0.2, 0) is 0 Å². The minimum atomic E-state index is -0.919. The molecule has 0 saturated carbocycles. The molecule has 144 valence electrons. The van der Waals surface area contributed by atoms with E-state index in [-0.39, 0.29) is 28.1 Å². The molecule has 29 heavy (non-hydrogen) atoms. The molecular formula is C21H12ClFN2O4. The van der Waals surface area contributed by atoms with E-state index in [0.29, 0.717) is 16.3 Å². The van der Waals surface area contributed by atoms with Crippen molar-refractivity contribution in [3.8, 4) is 0 Å². The lowest BCUT2D eigenvalue weighted by Crippen LogP contribution is -2.29. The van der Waals surface area contributed by atoms with Crippen LogP contribution in [-0.4, -0.2) is 11.1 Å². The number of nitrogens with zero attached hydrogens (tertiary/aromatic N) is 2. The summed E-state index contributed by atoms with van der Waals surface area (Å²) in [6.45, 7) is 1.68. The number of hydrogen-bond donors (Lipinski definition) is 0. The minimum Gasteiger partial charge on any atom is -0.450 e. The van der Waals surface area contributed by atoms with Crippen LogP contribution < -0.4 is 10.3 Å². The molecule has 0 radical (unpaired) electrons. The molecule has 0 spiro atoms. The Balaban J connectivity index is 1.84. The highest BCUT2D eigenvalue weighted by atomic mass is 35.5. The molecule has 6 nitrogen and oxygen atoms in total. The van der Waals surface area contributed by atoms with Crippen molar-refractivity contribution in [1.82, 2.24) is 5.16 Å². The van der Waals surface area contributed by atoms with Crippen LogP contribution in [0.25, 0.3) is 11.0 Å². The van der Waals surface area contributed by atoms with Gasteiger partial charge in [0.15, 0.2) is 11.2 Å². The lowest BCUT2D eigenvalue weighted by molar-refractivity contribution is 0.0969. The molecule has 8 heteroatoms. The second kappa shape index (κ2) is 6.28. The van der Waals surface area contributed by atoms with Gasteiger partial charge in [-0.2, -0.15) is 0 Å². The van der Waals surface area contributed by atoms with E-state index in [1.807, 2.05) is 0 Å². The summed E-state index contributed by atoms with van der Waals surface area (Å²) in [6, 6.07) is 10.9. The number of aromatic nitrogens is 1. The van der Waals surface area contributed by atoms with Crippen molar-refractivity contribution in [3.63, 3.8) is 0 Å². The topological polar surface area (TPSA) is 76.6 Å². The molecule has 2 aromatic carbocycles. The fourth-order valence-corrected chi connectivity index (χ4v) is 3.81. The van der Waals surface area contributed by atoms with Gasteiger partial charge in [-0.15, -0.1) is 0 Å². The van der Waals surface area contributed by atoms with Gasteiger partial charge in [-0.1, -0.05) is 28.9 Å². The lowest BCUT2D eigenvalue weighted by Gasteiger charge is -2.22. The van der Waals surface area contributed by atoms with Crippen LogP contribution in [0.3, 0.4) is 0 Å². The molecule has 0 N–H and O–H groups in total. The molecule has 5 rings (SSSR count). The van der Waals surface area contributed by atoms with Gasteiger partial charge in [0.1, 0.15) is 17.2 Å². The first-order valence-corrected chi connectivity index (χ1v) is 9.10. The summed E-state index contributed by atoms with van der Waals surface area (Å²) in [5.74, 6) is -0.475. The maximum Gasteiger partial charge on any atom is 0.296 e. The molecule has 2 aromatic heterocycles. The van der Waals surface area contributed by atoms with Crippen molar-refractivity contribution in [1.29, 1.82) is 0 Å². The van der Waals surface area contributed by atoms with Gasteiger partial charge < -0.3 is 8.94 Å². The predicted molar refractivity (Wildman–Crippen MR) is 104 cm³/mol. The standard InChI is InChI=1S/C21H12ClFN2O4/c1-10-7-16(24-29-10)25-18(11-3-2-4-13(23)8-11)17-19(26)14-9-12(22)5-6-15(14)28-20(17)21(25)27/h2-9,18H,1H3/t18-/m1/s1. The number of anilines is 1. The van der Waals surface area contributed by atoms with Gasteiger partial charge in [-0.3, -0.25) is 14.5 Å². The van der Waals surface area contributed by atoms with Crippen LogP contribution in [0.4, 0.5) is 10.2 Å². The van der Waals surface area contributed by atoms with Gasteiger partial charge >= 0.3 is 0 Å². The highest BCUT2D eigenvalue weighted by Crippen LogP contribution is 2.41. The Bertz CT molecular complexity index is 1360. The zero-order valence-electron chi connectivity index (χ0n) is 15.0. The number of amides is 1. The van der Waals surface area contributed by atoms with Gasteiger partial charge in [0.05, 0.1) is 17.0 Å². The Kier molecular flexibility index (Phi) is 3.82. The van der Waals surface area contributed by atoms with Crippen LogP contribution >= 0.6 is 11.6 Å². The third kappa shape index (κ3) is 2.66. The van der Waals surface area contributed by atoms with Crippen LogP contribution in [0.5, 0.6) is 0 Å². The fraction of sp³-hybridized carbons (Fsp3) is 0.0952. The fourth-order valence-electron chi connectivity index (χ4n) is 3.64. The molecule has 0 saturated heterocycles.